The first-order valence-corrected chi connectivity index (χ1v) is 5.54. The average Bonchev–Trinajstić information content (AvgIpc) is 1.99. The summed E-state index contributed by atoms with van der Waals surface area (Å²) in [5, 5.41) is 10.1. The second-order valence-electron chi connectivity index (χ2n) is 6.10. The third-order valence-electron chi connectivity index (χ3n) is 3.34. The highest BCUT2D eigenvalue weighted by molar-refractivity contribution is 4.89. The van der Waals surface area contributed by atoms with Gasteiger partial charge in [-0.1, -0.05) is 27.7 Å². The molecule has 0 aromatic heterocycles. The van der Waals surface area contributed by atoms with Crippen LogP contribution >= 0.6 is 0 Å². The highest BCUT2D eigenvalue weighted by Crippen LogP contribution is 2.41. The average molecular weight is 200 g/mol. The summed E-state index contributed by atoms with van der Waals surface area (Å²) in [7, 11) is 0. The van der Waals surface area contributed by atoms with Gasteiger partial charge in [0.25, 0.3) is 0 Å². The minimum absolute atomic E-state index is 0.0406. The molecule has 1 aliphatic rings. The lowest BCUT2D eigenvalue weighted by atomic mass is 9.69. The summed E-state index contributed by atoms with van der Waals surface area (Å²) < 4.78 is 5.62. The molecular formula is C12H24O2. The molecule has 0 spiro atoms. The van der Waals surface area contributed by atoms with E-state index in [-0.39, 0.29) is 23.0 Å². The van der Waals surface area contributed by atoms with Crippen molar-refractivity contribution in [1.82, 2.24) is 0 Å². The molecule has 0 aliphatic carbocycles. The van der Waals surface area contributed by atoms with Crippen molar-refractivity contribution in [2.75, 3.05) is 6.61 Å². The van der Waals surface area contributed by atoms with E-state index in [1.165, 1.54) is 0 Å². The molecule has 2 atom stereocenters. The van der Waals surface area contributed by atoms with Crippen LogP contribution in [0.3, 0.4) is 0 Å². The first kappa shape index (κ1) is 12.0. The van der Waals surface area contributed by atoms with Crippen LogP contribution in [0.25, 0.3) is 0 Å². The van der Waals surface area contributed by atoms with E-state index >= 15 is 0 Å². The van der Waals surface area contributed by atoms with E-state index in [4.69, 9.17) is 4.74 Å². The Morgan fingerprint density at radius 3 is 2.36 bits per heavy atom. The first-order chi connectivity index (χ1) is 6.25. The molecule has 0 saturated carbocycles. The minimum atomic E-state index is -0.359. The molecule has 1 saturated heterocycles. The van der Waals surface area contributed by atoms with Crippen LogP contribution in [-0.2, 0) is 4.74 Å². The van der Waals surface area contributed by atoms with Gasteiger partial charge in [-0.3, -0.25) is 0 Å². The molecule has 0 aromatic carbocycles. The van der Waals surface area contributed by atoms with Gasteiger partial charge >= 0.3 is 0 Å². The number of aliphatic hydroxyl groups excluding tert-OH is 1. The number of aliphatic hydroxyl groups is 1. The van der Waals surface area contributed by atoms with Crippen molar-refractivity contribution < 1.29 is 9.84 Å². The smallest absolute Gasteiger partial charge is 0.0850 e. The maximum absolute atomic E-state index is 10.1. The van der Waals surface area contributed by atoms with Gasteiger partial charge in [0.1, 0.15) is 0 Å². The van der Waals surface area contributed by atoms with E-state index < -0.39 is 0 Å². The topological polar surface area (TPSA) is 29.5 Å². The lowest BCUT2D eigenvalue weighted by molar-refractivity contribution is -0.113. The summed E-state index contributed by atoms with van der Waals surface area (Å²) in [6, 6.07) is 0. The maximum atomic E-state index is 10.1. The van der Waals surface area contributed by atoms with Crippen LogP contribution in [0.2, 0.25) is 0 Å². The van der Waals surface area contributed by atoms with E-state index in [2.05, 4.69) is 27.7 Å². The van der Waals surface area contributed by atoms with E-state index in [9.17, 15) is 5.11 Å². The molecule has 14 heavy (non-hydrogen) atoms. The second-order valence-corrected chi connectivity index (χ2v) is 6.10. The summed E-state index contributed by atoms with van der Waals surface area (Å²) >= 11 is 0. The van der Waals surface area contributed by atoms with Crippen LogP contribution in [0.4, 0.5) is 0 Å². The van der Waals surface area contributed by atoms with Crippen molar-refractivity contribution in [3.63, 3.8) is 0 Å². The molecule has 1 fully saturated rings. The molecule has 1 rings (SSSR count). The van der Waals surface area contributed by atoms with Crippen molar-refractivity contribution in [2.24, 2.45) is 10.8 Å². The Labute approximate surface area is 87.7 Å². The largest absolute Gasteiger partial charge is 0.390 e. The zero-order valence-electron chi connectivity index (χ0n) is 10.1. The van der Waals surface area contributed by atoms with Gasteiger partial charge in [-0.25, -0.2) is 0 Å². The monoisotopic (exact) mass is 200 g/mol. The Hall–Kier alpha value is -0.0800. The molecule has 0 amide bonds. The third kappa shape index (κ3) is 2.71. The van der Waals surface area contributed by atoms with Crippen molar-refractivity contribution in [3.8, 4) is 0 Å². The van der Waals surface area contributed by atoms with E-state index in [1.807, 2.05) is 6.92 Å². The van der Waals surface area contributed by atoms with Crippen LogP contribution < -0.4 is 0 Å². The van der Waals surface area contributed by atoms with Crippen LogP contribution in [-0.4, -0.2) is 23.9 Å². The fourth-order valence-corrected chi connectivity index (χ4v) is 2.67. The van der Waals surface area contributed by atoms with Gasteiger partial charge in [0, 0.05) is 6.61 Å². The molecule has 1 aliphatic heterocycles. The summed E-state index contributed by atoms with van der Waals surface area (Å²) in [5.41, 5.74) is 0.216. The quantitative estimate of drug-likeness (QED) is 0.651. The normalized spacial score (nSPS) is 37.3. The minimum Gasteiger partial charge on any atom is -0.390 e. The van der Waals surface area contributed by atoms with Crippen LogP contribution in [0.15, 0.2) is 0 Å². The molecular weight excluding hydrogens is 176 g/mol. The van der Waals surface area contributed by atoms with Gasteiger partial charge in [0.2, 0.25) is 0 Å². The number of hydrogen-bond acceptors (Lipinski definition) is 2. The Balaban J connectivity index is 2.80. The standard InChI is InChI=1S/C12H24O2/c1-9-10(13)12(4,5)8-11(2,3)6-7-14-9/h9-10,13H,6-8H2,1-5H3. The van der Waals surface area contributed by atoms with Crippen molar-refractivity contribution >= 4 is 0 Å². The van der Waals surface area contributed by atoms with Gasteiger partial charge in [-0.15, -0.1) is 0 Å². The van der Waals surface area contributed by atoms with Crippen molar-refractivity contribution in [2.45, 2.75) is 59.7 Å². The Bertz CT molecular complexity index is 196. The summed E-state index contributed by atoms with van der Waals surface area (Å²) in [4.78, 5) is 0. The molecule has 1 N–H and O–H groups in total. The predicted octanol–water partition coefficient (Wildman–Crippen LogP) is 2.60. The van der Waals surface area contributed by atoms with Crippen molar-refractivity contribution in [1.29, 1.82) is 0 Å². The molecule has 2 nitrogen and oxygen atoms in total. The summed E-state index contributed by atoms with van der Waals surface area (Å²) in [6.07, 6.45) is 1.73. The van der Waals surface area contributed by atoms with E-state index in [0.29, 0.717) is 0 Å². The van der Waals surface area contributed by atoms with Crippen molar-refractivity contribution in [3.05, 3.63) is 0 Å². The number of rotatable bonds is 0. The maximum Gasteiger partial charge on any atom is 0.0850 e. The molecule has 0 radical (unpaired) electrons. The molecule has 84 valence electrons. The predicted molar refractivity (Wildman–Crippen MR) is 58.2 cm³/mol. The van der Waals surface area contributed by atoms with Gasteiger partial charge < -0.3 is 9.84 Å². The number of hydrogen-bond donors (Lipinski definition) is 1. The first-order valence-electron chi connectivity index (χ1n) is 5.54. The van der Waals surface area contributed by atoms with Crippen LogP contribution in [0.5, 0.6) is 0 Å². The van der Waals surface area contributed by atoms with E-state index in [1.54, 1.807) is 0 Å². The van der Waals surface area contributed by atoms with Gasteiger partial charge in [0.05, 0.1) is 12.2 Å². The van der Waals surface area contributed by atoms with Crippen LogP contribution in [0, 0.1) is 10.8 Å². The molecule has 2 heteroatoms. The zero-order chi connectivity index (χ0) is 11.0. The molecule has 0 aromatic rings. The summed E-state index contributed by atoms with van der Waals surface area (Å²) in [5.74, 6) is 0. The van der Waals surface area contributed by atoms with Gasteiger partial charge in [-0.2, -0.15) is 0 Å². The highest BCUT2D eigenvalue weighted by atomic mass is 16.5. The van der Waals surface area contributed by atoms with Gasteiger partial charge in [-0.05, 0) is 30.6 Å². The lowest BCUT2D eigenvalue weighted by Crippen LogP contribution is -2.44. The highest BCUT2D eigenvalue weighted by Gasteiger charge is 2.39. The molecule has 2 unspecified atom stereocenters. The Kier molecular flexibility index (Phi) is 3.27. The molecule has 1 heterocycles. The number of ether oxygens (including phenoxy) is 1. The second kappa shape index (κ2) is 3.82. The fraction of sp³-hybridized carbons (Fsp3) is 1.00. The van der Waals surface area contributed by atoms with Crippen LogP contribution in [0.1, 0.15) is 47.5 Å². The fourth-order valence-electron chi connectivity index (χ4n) is 2.67. The third-order valence-corrected chi connectivity index (χ3v) is 3.34. The Morgan fingerprint density at radius 1 is 1.21 bits per heavy atom. The zero-order valence-corrected chi connectivity index (χ0v) is 10.1. The summed E-state index contributed by atoms with van der Waals surface area (Å²) in [6.45, 7) is 11.5. The lowest BCUT2D eigenvalue weighted by Gasteiger charge is -2.42. The van der Waals surface area contributed by atoms with Gasteiger partial charge in [0.15, 0.2) is 0 Å². The molecule has 0 bridgehead atoms. The van der Waals surface area contributed by atoms with E-state index in [0.717, 1.165) is 19.4 Å². The Morgan fingerprint density at radius 2 is 1.79 bits per heavy atom. The SMILES string of the molecule is CC1OCCC(C)(C)CC(C)(C)C1O.